The van der Waals surface area contributed by atoms with Crippen molar-refractivity contribution in [3.8, 4) is 11.5 Å². The van der Waals surface area contributed by atoms with Gasteiger partial charge in [-0.25, -0.2) is 4.39 Å². The maximum absolute atomic E-state index is 14.3. The largest absolute Gasteiger partial charge is 0.457 e. The van der Waals surface area contributed by atoms with Gasteiger partial charge in [-0.1, -0.05) is 18.2 Å². The van der Waals surface area contributed by atoms with Crippen LogP contribution in [0.25, 0.3) is 0 Å². The molecule has 3 aromatic rings. The molecule has 0 atom stereocenters. The molecule has 114 valence electrons. The number of pyridine rings is 1. The van der Waals surface area contributed by atoms with E-state index >= 15 is 0 Å². The predicted molar refractivity (Wildman–Crippen MR) is 87.5 cm³/mol. The van der Waals surface area contributed by atoms with Crippen LogP contribution in [0.4, 0.5) is 10.1 Å². The number of halogens is 1. The van der Waals surface area contributed by atoms with E-state index in [-0.39, 0.29) is 11.3 Å². The molecule has 2 aromatic carbocycles. The zero-order chi connectivity index (χ0) is 16.2. The molecule has 5 heteroatoms. The van der Waals surface area contributed by atoms with Crippen LogP contribution in [0, 0.1) is 11.2 Å². The molecule has 0 aliphatic heterocycles. The number of hydrogen-bond donors (Lipinski definition) is 2. The van der Waals surface area contributed by atoms with E-state index in [1.165, 1.54) is 24.5 Å². The lowest BCUT2D eigenvalue weighted by molar-refractivity contribution is 0.476. The van der Waals surface area contributed by atoms with Gasteiger partial charge in [0.15, 0.2) is 0 Å². The molecule has 0 spiro atoms. The van der Waals surface area contributed by atoms with Crippen molar-refractivity contribution in [1.82, 2.24) is 4.98 Å². The minimum atomic E-state index is -0.549. The molecular weight excluding hydrogens is 293 g/mol. The van der Waals surface area contributed by atoms with Crippen molar-refractivity contribution in [3.05, 3.63) is 83.9 Å². The predicted octanol–water partition coefficient (Wildman–Crippen LogP) is 4.01. The minimum absolute atomic E-state index is 0.0145. The second kappa shape index (κ2) is 6.27. The highest BCUT2D eigenvalue weighted by Crippen LogP contribution is 2.25. The Balaban J connectivity index is 1.88. The average molecular weight is 307 g/mol. The van der Waals surface area contributed by atoms with Gasteiger partial charge in [-0.05, 0) is 30.3 Å². The monoisotopic (exact) mass is 307 g/mol. The van der Waals surface area contributed by atoms with Gasteiger partial charge in [-0.15, -0.1) is 0 Å². The molecule has 0 bridgehead atoms. The first-order valence-electron chi connectivity index (χ1n) is 6.96. The SMILES string of the molecule is N=C(c1cnccc1N)c1ccc(Oc2ccccc2)cc1F. The molecule has 1 heterocycles. The summed E-state index contributed by atoms with van der Waals surface area (Å²) >= 11 is 0. The zero-order valence-electron chi connectivity index (χ0n) is 12.2. The highest BCUT2D eigenvalue weighted by molar-refractivity contribution is 6.13. The summed E-state index contributed by atoms with van der Waals surface area (Å²) in [6, 6.07) is 15.1. The fraction of sp³-hybridized carbons (Fsp3) is 0. The Morgan fingerprint density at radius 3 is 2.48 bits per heavy atom. The summed E-state index contributed by atoms with van der Waals surface area (Å²) in [5.74, 6) is 0.433. The standard InChI is InChI=1S/C18H14FN3O/c19-16-10-13(23-12-4-2-1-3-5-12)6-7-14(16)18(21)15-11-22-9-8-17(15)20/h1-11,21H,(H2,20,22). The average Bonchev–Trinajstić information content (AvgIpc) is 2.56. The number of ether oxygens (including phenoxy) is 1. The third kappa shape index (κ3) is 3.18. The summed E-state index contributed by atoms with van der Waals surface area (Å²) in [7, 11) is 0. The lowest BCUT2D eigenvalue weighted by Gasteiger charge is -2.10. The lowest BCUT2D eigenvalue weighted by atomic mass is 10.0. The number of nitrogens with zero attached hydrogens (tertiary/aromatic N) is 1. The molecule has 0 amide bonds. The van der Waals surface area contributed by atoms with Crippen LogP contribution in [0.1, 0.15) is 11.1 Å². The number of para-hydroxylation sites is 1. The van der Waals surface area contributed by atoms with Crippen molar-refractivity contribution in [1.29, 1.82) is 5.41 Å². The van der Waals surface area contributed by atoms with E-state index in [2.05, 4.69) is 4.98 Å². The summed E-state index contributed by atoms with van der Waals surface area (Å²) in [6.07, 6.45) is 2.98. The summed E-state index contributed by atoms with van der Waals surface area (Å²) in [5.41, 5.74) is 6.72. The van der Waals surface area contributed by atoms with Gasteiger partial charge in [-0.3, -0.25) is 10.4 Å². The molecule has 1 aromatic heterocycles. The first kappa shape index (κ1) is 14.7. The maximum Gasteiger partial charge on any atom is 0.136 e. The third-order valence-corrected chi connectivity index (χ3v) is 3.31. The van der Waals surface area contributed by atoms with Crippen LogP contribution in [0.3, 0.4) is 0 Å². The second-order valence-electron chi connectivity index (χ2n) is 4.89. The molecule has 0 aliphatic rings. The number of rotatable bonds is 4. The Morgan fingerprint density at radius 2 is 1.78 bits per heavy atom. The maximum atomic E-state index is 14.3. The van der Waals surface area contributed by atoms with E-state index in [0.29, 0.717) is 22.7 Å². The van der Waals surface area contributed by atoms with Crippen molar-refractivity contribution < 1.29 is 9.13 Å². The van der Waals surface area contributed by atoms with Crippen LogP contribution < -0.4 is 10.5 Å². The number of nitrogens with two attached hydrogens (primary N) is 1. The summed E-state index contributed by atoms with van der Waals surface area (Å²) < 4.78 is 19.9. The van der Waals surface area contributed by atoms with Crippen molar-refractivity contribution in [2.24, 2.45) is 0 Å². The smallest absolute Gasteiger partial charge is 0.136 e. The lowest BCUT2D eigenvalue weighted by Crippen LogP contribution is -2.08. The number of benzene rings is 2. The Bertz CT molecular complexity index is 850. The van der Waals surface area contributed by atoms with Gasteiger partial charge >= 0.3 is 0 Å². The summed E-state index contributed by atoms with van der Waals surface area (Å²) in [4.78, 5) is 3.93. The highest BCUT2D eigenvalue weighted by Gasteiger charge is 2.14. The topological polar surface area (TPSA) is 72.0 Å². The molecule has 4 nitrogen and oxygen atoms in total. The third-order valence-electron chi connectivity index (χ3n) is 3.31. The van der Waals surface area contributed by atoms with Crippen molar-refractivity contribution in [3.63, 3.8) is 0 Å². The normalized spacial score (nSPS) is 10.3. The van der Waals surface area contributed by atoms with E-state index < -0.39 is 5.82 Å². The first-order valence-corrected chi connectivity index (χ1v) is 6.96. The van der Waals surface area contributed by atoms with Gasteiger partial charge in [0.05, 0.1) is 5.71 Å². The second-order valence-corrected chi connectivity index (χ2v) is 4.89. The van der Waals surface area contributed by atoms with Crippen molar-refractivity contribution >= 4 is 11.4 Å². The Morgan fingerprint density at radius 1 is 1.00 bits per heavy atom. The molecule has 0 radical (unpaired) electrons. The van der Waals surface area contributed by atoms with Crippen LogP contribution >= 0.6 is 0 Å². The fourth-order valence-corrected chi connectivity index (χ4v) is 2.15. The molecule has 0 unspecified atom stereocenters. The molecule has 3 N–H and O–H groups in total. The Labute approximate surface area is 132 Å². The van der Waals surface area contributed by atoms with Gasteiger partial charge in [0, 0.05) is 35.3 Å². The summed E-state index contributed by atoms with van der Waals surface area (Å²) in [6.45, 7) is 0. The first-order chi connectivity index (χ1) is 11.1. The highest BCUT2D eigenvalue weighted by atomic mass is 19.1. The molecular formula is C18H14FN3O. The number of anilines is 1. The molecule has 0 saturated heterocycles. The van der Waals surface area contributed by atoms with Gasteiger partial charge in [-0.2, -0.15) is 0 Å². The van der Waals surface area contributed by atoms with E-state index in [1.807, 2.05) is 18.2 Å². The van der Waals surface area contributed by atoms with Gasteiger partial charge in [0.25, 0.3) is 0 Å². The Kier molecular flexibility index (Phi) is 4.01. The zero-order valence-corrected chi connectivity index (χ0v) is 12.2. The van der Waals surface area contributed by atoms with E-state index in [9.17, 15) is 4.39 Å². The van der Waals surface area contributed by atoms with Gasteiger partial charge < -0.3 is 10.5 Å². The van der Waals surface area contributed by atoms with Crippen LogP contribution in [-0.4, -0.2) is 10.7 Å². The molecule has 23 heavy (non-hydrogen) atoms. The quantitative estimate of drug-likeness (QED) is 0.715. The Hall–Kier alpha value is -3.21. The number of hydrogen-bond acceptors (Lipinski definition) is 4. The van der Waals surface area contributed by atoms with E-state index in [4.69, 9.17) is 15.9 Å². The summed E-state index contributed by atoms with van der Waals surface area (Å²) in [5, 5.41) is 8.14. The van der Waals surface area contributed by atoms with E-state index in [1.54, 1.807) is 24.3 Å². The van der Waals surface area contributed by atoms with Crippen LogP contribution in [0.5, 0.6) is 11.5 Å². The van der Waals surface area contributed by atoms with Gasteiger partial charge in [0.2, 0.25) is 0 Å². The van der Waals surface area contributed by atoms with Crippen LogP contribution in [0.15, 0.2) is 67.0 Å². The van der Waals surface area contributed by atoms with Crippen LogP contribution in [0.2, 0.25) is 0 Å². The molecule has 3 rings (SSSR count). The van der Waals surface area contributed by atoms with Crippen molar-refractivity contribution in [2.75, 3.05) is 5.73 Å². The van der Waals surface area contributed by atoms with Gasteiger partial charge in [0.1, 0.15) is 17.3 Å². The molecule has 0 fully saturated rings. The minimum Gasteiger partial charge on any atom is -0.457 e. The number of aromatic nitrogens is 1. The molecule has 0 saturated carbocycles. The molecule has 0 aliphatic carbocycles. The number of nitrogens with one attached hydrogen (secondary N) is 1. The van der Waals surface area contributed by atoms with Crippen molar-refractivity contribution in [2.45, 2.75) is 0 Å². The van der Waals surface area contributed by atoms with Crippen LogP contribution in [-0.2, 0) is 0 Å². The van der Waals surface area contributed by atoms with E-state index in [0.717, 1.165) is 0 Å². The fourth-order valence-electron chi connectivity index (χ4n) is 2.15. The number of nitrogen functional groups attached to an aromatic ring is 1.